The number of amides is 1. The molecule has 1 unspecified atom stereocenters. The average Bonchev–Trinajstić information content (AvgIpc) is 2.79. The van der Waals surface area contributed by atoms with Crippen molar-refractivity contribution in [2.75, 3.05) is 20.1 Å². The Morgan fingerprint density at radius 1 is 1.47 bits per heavy atom. The quantitative estimate of drug-likeness (QED) is 0.912. The van der Waals surface area contributed by atoms with E-state index in [4.69, 9.17) is 0 Å². The third-order valence-corrected chi connectivity index (χ3v) is 4.37. The Kier molecular flexibility index (Phi) is 5.83. The second-order valence-electron chi connectivity index (χ2n) is 5.24. The van der Waals surface area contributed by atoms with Crippen LogP contribution in [0.15, 0.2) is 28.7 Å². The molecule has 1 aliphatic rings. The smallest absolute Gasteiger partial charge is 0.229 e. The molecular formula is C14H20BrClN2O. The molecule has 0 radical (unpaired) electrons. The molecule has 1 aromatic carbocycles. The minimum atomic E-state index is -0.240. The first-order chi connectivity index (χ1) is 8.53. The number of nitrogens with zero attached hydrogens (tertiary/aromatic N) is 1. The molecule has 0 bridgehead atoms. The Morgan fingerprint density at radius 2 is 2.16 bits per heavy atom. The second-order valence-corrected chi connectivity index (χ2v) is 6.09. The summed E-state index contributed by atoms with van der Waals surface area (Å²) in [5, 5.41) is 3.27. The maximum Gasteiger partial charge on any atom is 0.229 e. The van der Waals surface area contributed by atoms with Crippen molar-refractivity contribution in [2.45, 2.75) is 19.9 Å². The van der Waals surface area contributed by atoms with Crippen molar-refractivity contribution in [3.05, 3.63) is 34.3 Å². The molecule has 1 N–H and O–H groups in total. The van der Waals surface area contributed by atoms with Crippen LogP contribution >= 0.6 is 28.3 Å². The largest absolute Gasteiger partial charge is 0.341 e. The molecule has 5 heteroatoms. The van der Waals surface area contributed by atoms with E-state index in [2.05, 4.69) is 21.2 Å². The second kappa shape index (κ2) is 6.73. The molecule has 19 heavy (non-hydrogen) atoms. The fraction of sp³-hybridized carbons (Fsp3) is 0.500. The van der Waals surface area contributed by atoms with Gasteiger partial charge in [0.1, 0.15) is 0 Å². The van der Waals surface area contributed by atoms with Crippen molar-refractivity contribution in [3.8, 4) is 0 Å². The first-order valence-corrected chi connectivity index (χ1v) is 7.02. The zero-order valence-corrected chi connectivity index (χ0v) is 13.7. The van der Waals surface area contributed by atoms with Gasteiger partial charge in [-0.05, 0) is 31.5 Å². The summed E-state index contributed by atoms with van der Waals surface area (Å²) >= 11 is 3.52. The van der Waals surface area contributed by atoms with Crippen LogP contribution in [0.3, 0.4) is 0 Å². The minimum Gasteiger partial charge on any atom is -0.341 e. The van der Waals surface area contributed by atoms with E-state index < -0.39 is 0 Å². The van der Waals surface area contributed by atoms with Gasteiger partial charge in [0, 0.05) is 24.6 Å². The van der Waals surface area contributed by atoms with Gasteiger partial charge in [-0.15, -0.1) is 12.4 Å². The summed E-state index contributed by atoms with van der Waals surface area (Å²) in [5.74, 6) is 0.225. The Balaban J connectivity index is 0.00000180. The summed E-state index contributed by atoms with van der Waals surface area (Å²) in [6.07, 6.45) is 0.923. The number of carbonyl (C=O) groups excluding carboxylic acids is 1. The lowest BCUT2D eigenvalue weighted by Crippen LogP contribution is -2.41. The van der Waals surface area contributed by atoms with Gasteiger partial charge in [-0.3, -0.25) is 4.79 Å². The van der Waals surface area contributed by atoms with E-state index in [1.165, 1.54) is 0 Å². The van der Waals surface area contributed by atoms with Gasteiger partial charge in [0.15, 0.2) is 0 Å². The number of nitrogens with one attached hydrogen (secondary N) is 1. The van der Waals surface area contributed by atoms with Gasteiger partial charge in [-0.2, -0.15) is 0 Å². The van der Waals surface area contributed by atoms with Crippen molar-refractivity contribution in [1.82, 2.24) is 10.2 Å². The van der Waals surface area contributed by atoms with Crippen LogP contribution in [0.25, 0.3) is 0 Å². The van der Waals surface area contributed by atoms with E-state index in [9.17, 15) is 4.79 Å². The highest BCUT2D eigenvalue weighted by Gasteiger charge is 2.38. The predicted molar refractivity (Wildman–Crippen MR) is 83.5 cm³/mol. The number of rotatable bonds is 3. The molecule has 1 aliphatic heterocycles. The highest BCUT2D eigenvalue weighted by molar-refractivity contribution is 9.10. The van der Waals surface area contributed by atoms with Gasteiger partial charge < -0.3 is 10.2 Å². The maximum absolute atomic E-state index is 12.5. The molecule has 0 spiro atoms. The Morgan fingerprint density at radius 3 is 2.74 bits per heavy atom. The fourth-order valence-electron chi connectivity index (χ4n) is 2.41. The van der Waals surface area contributed by atoms with E-state index in [1.54, 1.807) is 0 Å². The molecular weight excluding hydrogens is 328 g/mol. The van der Waals surface area contributed by atoms with Crippen molar-refractivity contribution >= 4 is 34.2 Å². The monoisotopic (exact) mass is 346 g/mol. The molecule has 0 saturated carbocycles. The average molecular weight is 348 g/mol. The van der Waals surface area contributed by atoms with Crippen LogP contribution in [0.5, 0.6) is 0 Å². The number of halogens is 2. The Bertz CT molecular complexity index is 447. The zero-order valence-electron chi connectivity index (χ0n) is 11.3. The van der Waals surface area contributed by atoms with Crippen molar-refractivity contribution in [2.24, 2.45) is 5.41 Å². The van der Waals surface area contributed by atoms with Crippen LogP contribution in [0.2, 0.25) is 0 Å². The molecule has 1 amide bonds. The van der Waals surface area contributed by atoms with Crippen LogP contribution < -0.4 is 5.32 Å². The number of carbonyl (C=O) groups is 1. The number of hydrogen-bond donors (Lipinski definition) is 1. The first-order valence-electron chi connectivity index (χ1n) is 6.23. The zero-order chi connectivity index (χ0) is 13.2. The van der Waals surface area contributed by atoms with Crippen molar-refractivity contribution in [1.29, 1.82) is 0 Å². The molecule has 0 aliphatic carbocycles. The van der Waals surface area contributed by atoms with Crippen LogP contribution in [0, 0.1) is 5.41 Å². The van der Waals surface area contributed by atoms with Crippen molar-refractivity contribution < 1.29 is 4.79 Å². The standard InChI is InChI=1S/C14H19BrN2O.ClH/c1-14(7-8-16-10-14)13(18)17(2)9-11-5-3-4-6-12(11)15;/h3-6,16H,7-10H2,1-2H3;1H. The number of benzene rings is 1. The third kappa shape index (κ3) is 3.71. The van der Waals surface area contributed by atoms with Gasteiger partial charge in [0.2, 0.25) is 5.91 Å². The summed E-state index contributed by atoms with van der Waals surface area (Å²) in [4.78, 5) is 14.3. The highest BCUT2D eigenvalue weighted by Crippen LogP contribution is 2.28. The van der Waals surface area contributed by atoms with Crippen LogP contribution in [0.1, 0.15) is 18.9 Å². The lowest BCUT2D eigenvalue weighted by Gasteiger charge is -2.28. The van der Waals surface area contributed by atoms with E-state index >= 15 is 0 Å². The van der Waals surface area contributed by atoms with Gasteiger partial charge >= 0.3 is 0 Å². The minimum absolute atomic E-state index is 0. The summed E-state index contributed by atoms with van der Waals surface area (Å²) in [6.45, 7) is 4.42. The predicted octanol–water partition coefficient (Wildman–Crippen LogP) is 2.83. The van der Waals surface area contributed by atoms with E-state index in [0.29, 0.717) is 6.54 Å². The third-order valence-electron chi connectivity index (χ3n) is 3.60. The van der Waals surface area contributed by atoms with Crippen LogP contribution in [-0.4, -0.2) is 30.9 Å². The van der Waals surface area contributed by atoms with Crippen molar-refractivity contribution in [3.63, 3.8) is 0 Å². The van der Waals surface area contributed by atoms with Gasteiger partial charge in [-0.25, -0.2) is 0 Å². The molecule has 1 atom stereocenters. The van der Waals surface area contributed by atoms with E-state index in [1.807, 2.05) is 43.1 Å². The Labute approximate surface area is 129 Å². The molecule has 2 rings (SSSR count). The summed E-state index contributed by atoms with van der Waals surface area (Å²) in [7, 11) is 1.88. The van der Waals surface area contributed by atoms with Gasteiger partial charge in [-0.1, -0.05) is 34.1 Å². The molecule has 1 aromatic rings. The fourth-order valence-corrected chi connectivity index (χ4v) is 2.82. The Hall–Kier alpha value is -0.580. The molecule has 106 valence electrons. The molecule has 1 heterocycles. The van der Waals surface area contributed by atoms with E-state index in [0.717, 1.165) is 29.5 Å². The van der Waals surface area contributed by atoms with Gasteiger partial charge in [0.25, 0.3) is 0 Å². The topological polar surface area (TPSA) is 32.3 Å². The summed E-state index contributed by atoms with van der Waals surface area (Å²) in [5.41, 5.74) is 0.902. The molecule has 1 fully saturated rings. The lowest BCUT2D eigenvalue weighted by atomic mass is 9.88. The summed E-state index contributed by atoms with van der Waals surface area (Å²) < 4.78 is 1.05. The highest BCUT2D eigenvalue weighted by atomic mass is 79.9. The summed E-state index contributed by atoms with van der Waals surface area (Å²) in [6, 6.07) is 8.03. The lowest BCUT2D eigenvalue weighted by molar-refractivity contribution is -0.139. The SMILES string of the molecule is CN(Cc1ccccc1Br)C(=O)C1(C)CCNC1.Cl. The van der Waals surface area contributed by atoms with Crippen LogP contribution in [-0.2, 0) is 11.3 Å². The first kappa shape index (κ1) is 16.5. The molecule has 0 aromatic heterocycles. The van der Waals surface area contributed by atoms with E-state index in [-0.39, 0.29) is 23.7 Å². The maximum atomic E-state index is 12.5. The molecule has 3 nitrogen and oxygen atoms in total. The van der Waals surface area contributed by atoms with Crippen LogP contribution in [0.4, 0.5) is 0 Å². The van der Waals surface area contributed by atoms with Gasteiger partial charge in [0.05, 0.1) is 5.41 Å². The molecule has 1 saturated heterocycles. The number of hydrogen-bond acceptors (Lipinski definition) is 2. The normalized spacial score (nSPS) is 21.8.